The van der Waals surface area contributed by atoms with Crippen LogP contribution < -0.4 is 4.72 Å². The minimum atomic E-state index is -3.83. The molecule has 96 valence electrons. The van der Waals surface area contributed by atoms with Crippen LogP contribution in [-0.2, 0) is 17.1 Å². The number of imidazole rings is 1. The maximum Gasteiger partial charge on any atom is 0.282 e. The molecule has 0 atom stereocenters. The van der Waals surface area contributed by atoms with Crippen LogP contribution in [0.4, 0.5) is 5.69 Å². The van der Waals surface area contributed by atoms with Gasteiger partial charge in [-0.3, -0.25) is 4.72 Å². The van der Waals surface area contributed by atoms with E-state index in [1.807, 2.05) is 0 Å². The first kappa shape index (κ1) is 13.1. The van der Waals surface area contributed by atoms with Gasteiger partial charge in [0, 0.05) is 7.05 Å². The number of nitrogens with one attached hydrogen (secondary N) is 1. The average molecular weight is 307 g/mol. The molecule has 18 heavy (non-hydrogen) atoms. The van der Waals surface area contributed by atoms with Crippen LogP contribution in [0.3, 0.4) is 0 Å². The summed E-state index contributed by atoms with van der Waals surface area (Å²) < 4.78 is 27.7. The number of hydrogen-bond donors (Lipinski definition) is 1. The number of sulfonamides is 1. The Labute approximate surface area is 114 Å². The lowest BCUT2D eigenvalue weighted by Crippen LogP contribution is -2.14. The van der Waals surface area contributed by atoms with E-state index in [0.29, 0.717) is 0 Å². The first-order chi connectivity index (χ1) is 8.40. The fraction of sp³-hybridized carbons (Fsp3) is 0.111. The third-order valence-corrected chi connectivity index (χ3v) is 4.16. The zero-order chi connectivity index (χ0) is 13.3. The van der Waals surface area contributed by atoms with Crippen LogP contribution in [0.15, 0.2) is 29.7 Å². The van der Waals surface area contributed by atoms with Crippen molar-refractivity contribution in [2.45, 2.75) is 5.03 Å². The Morgan fingerprint density at radius 2 is 2.00 bits per heavy atom. The van der Waals surface area contributed by atoms with Gasteiger partial charge in [0.25, 0.3) is 10.0 Å². The summed E-state index contributed by atoms with van der Waals surface area (Å²) in [5, 5.41) is 0.0693. The van der Waals surface area contributed by atoms with Gasteiger partial charge in [0.1, 0.15) is 10.3 Å². The van der Waals surface area contributed by atoms with Crippen molar-refractivity contribution < 1.29 is 8.42 Å². The van der Waals surface area contributed by atoms with Gasteiger partial charge in [-0.25, -0.2) is 9.97 Å². The molecule has 1 N–H and O–H groups in total. The summed E-state index contributed by atoms with van der Waals surface area (Å²) in [6, 6.07) is 2.96. The van der Waals surface area contributed by atoms with Gasteiger partial charge < -0.3 is 4.57 Å². The third-order valence-electron chi connectivity index (χ3n) is 2.07. The Hall–Kier alpha value is -1.31. The van der Waals surface area contributed by atoms with Crippen molar-refractivity contribution in [1.29, 1.82) is 0 Å². The summed E-state index contributed by atoms with van der Waals surface area (Å²) in [4.78, 5) is 7.50. The maximum atomic E-state index is 12.0. The number of rotatable bonds is 3. The highest BCUT2D eigenvalue weighted by molar-refractivity contribution is 7.92. The summed E-state index contributed by atoms with van der Waals surface area (Å²) in [6.07, 6.45) is 2.62. The first-order valence-electron chi connectivity index (χ1n) is 4.71. The molecule has 2 aromatic rings. The Kier molecular flexibility index (Phi) is 3.47. The number of aryl methyl sites for hydroxylation is 1. The average Bonchev–Trinajstić information content (AvgIpc) is 2.63. The normalized spacial score (nSPS) is 11.5. The highest BCUT2D eigenvalue weighted by atomic mass is 35.5. The molecule has 0 aliphatic heterocycles. The molecule has 2 heterocycles. The number of pyridine rings is 1. The second-order valence-electron chi connectivity index (χ2n) is 3.43. The molecular formula is C9H8Cl2N4O2S. The summed E-state index contributed by atoms with van der Waals surface area (Å²) >= 11 is 11.4. The molecule has 2 rings (SSSR count). The largest absolute Gasteiger partial charge is 0.324 e. The molecule has 0 radical (unpaired) electrons. The van der Waals surface area contributed by atoms with E-state index in [4.69, 9.17) is 23.2 Å². The number of aromatic nitrogens is 3. The van der Waals surface area contributed by atoms with E-state index in [9.17, 15) is 8.42 Å². The number of anilines is 1. The molecule has 0 aromatic carbocycles. The molecule has 2 aromatic heterocycles. The minimum Gasteiger partial charge on any atom is -0.324 e. The van der Waals surface area contributed by atoms with Gasteiger partial charge in [0.2, 0.25) is 5.03 Å². The summed E-state index contributed by atoms with van der Waals surface area (Å²) in [6.45, 7) is 0. The van der Waals surface area contributed by atoms with Crippen LogP contribution in [0.1, 0.15) is 0 Å². The van der Waals surface area contributed by atoms with E-state index in [1.54, 1.807) is 7.05 Å². The van der Waals surface area contributed by atoms with Crippen LogP contribution in [0.25, 0.3) is 0 Å². The van der Waals surface area contributed by atoms with E-state index in [-0.39, 0.29) is 21.0 Å². The Morgan fingerprint density at radius 1 is 1.28 bits per heavy atom. The van der Waals surface area contributed by atoms with Gasteiger partial charge in [0.15, 0.2) is 0 Å². The van der Waals surface area contributed by atoms with Crippen molar-refractivity contribution in [3.63, 3.8) is 0 Å². The Bertz CT molecular complexity index is 666. The van der Waals surface area contributed by atoms with Crippen LogP contribution in [0.2, 0.25) is 10.3 Å². The zero-order valence-electron chi connectivity index (χ0n) is 9.13. The van der Waals surface area contributed by atoms with Crippen molar-refractivity contribution in [3.05, 3.63) is 35.0 Å². The van der Waals surface area contributed by atoms with Crippen LogP contribution in [0, 0.1) is 0 Å². The molecule has 0 amide bonds. The van der Waals surface area contributed by atoms with E-state index in [0.717, 1.165) is 0 Å². The summed E-state index contributed by atoms with van der Waals surface area (Å²) in [5.74, 6) is 0. The molecule has 0 saturated carbocycles. The van der Waals surface area contributed by atoms with Crippen LogP contribution >= 0.6 is 23.2 Å². The number of halogens is 2. The number of hydrogen-bond acceptors (Lipinski definition) is 4. The van der Waals surface area contributed by atoms with Crippen molar-refractivity contribution in [3.8, 4) is 0 Å². The molecule has 0 bridgehead atoms. The molecule has 0 fully saturated rings. The SMILES string of the molecule is Cn1cnc(S(=O)(=O)Nc2ccc(Cl)nc2)c1Cl. The van der Waals surface area contributed by atoms with Gasteiger partial charge in [-0.2, -0.15) is 8.42 Å². The van der Waals surface area contributed by atoms with Crippen molar-refractivity contribution >= 4 is 38.9 Å². The minimum absolute atomic E-state index is 0.0319. The highest BCUT2D eigenvalue weighted by Crippen LogP contribution is 2.21. The standard InChI is InChI=1S/C9H8Cl2N4O2S/c1-15-5-13-9(8(15)11)18(16,17)14-6-2-3-7(10)12-4-6/h2-5,14H,1H3. The third kappa shape index (κ3) is 2.58. The van der Waals surface area contributed by atoms with E-state index < -0.39 is 10.0 Å². The second kappa shape index (κ2) is 4.75. The van der Waals surface area contributed by atoms with Gasteiger partial charge in [0.05, 0.1) is 18.2 Å². The van der Waals surface area contributed by atoms with E-state index in [2.05, 4.69) is 14.7 Å². The molecule has 0 aliphatic carbocycles. The van der Waals surface area contributed by atoms with Crippen LogP contribution in [-0.4, -0.2) is 23.0 Å². The predicted octanol–water partition coefficient (Wildman–Crippen LogP) is 1.92. The Balaban J connectivity index is 2.33. The molecule has 0 aliphatic rings. The van der Waals surface area contributed by atoms with Gasteiger partial charge in [-0.05, 0) is 12.1 Å². The van der Waals surface area contributed by atoms with Crippen molar-refractivity contribution in [2.75, 3.05) is 4.72 Å². The smallest absolute Gasteiger partial charge is 0.282 e. The quantitative estimate of drug-likeness (QED) is 0.879. The van der Waals surface area contributed by atoms with Crippen molar-refractivity contribution in [1.82, 2.24) is 14.5 Å². The topological polar surface area (TPSA) is 76.9 Å². The molecular weight excluding hydrogens is 299 g/mol. The predicted molar refractivity (Wildman–Crippen MR) is 68.3 cm³/mol. The fourth-order valence-electron chi connectivity index (χ4n) is 1.21. The summed E-state index contributed by atoms with van der Waals surface area (Å²) in [7, 11) is -2.24. The van der Waals surface area contributed by atoms with E-state index in [1.165, 1.54) is 29.2 Å². The van der Waals surface area contributed by atoms with Gasteiger partial charge >= 0.3 is 0 Å². The lowest BCUT2D eigenvalue weighted by Gasteiger charge is -2.05. The summed E-state index contributed by atoms with van der Waals surface area (Å²) in [5.41, 5.74) is 0.279. The molecule has 0 unspecified atom stereocenters. The molecule has 0 saturated heterocycles. The fourth-order valence-corrected chi connectivity index (χ4v) is 2.80. The van der Waals surface area contributed by atoms with E-state index >= 15 is 0 Å². The first-order valence-corrected chi connectivity index (χ1v) is 6.95. The van der Waals surface area contributed by atoms with Crippen LogP contribution in [0.5, 0.6) is 0 Å². The molecule has 6 nitrogen and oxygen atoms in total. The van der Waals surface area contributed by atoms with Crippen molar-refractivity contribution in [2.24, 2.45) is 7.05 Å². The molecule has 9 heteroatoms. The van der Waals surface area contributed by atoms with Gasteiger partial charge in [-0.1, -0.05) is 23.2 Å². The highest BCUT2D eigenvalue weighted by Gasteiger charge is 2.22. The maximum absolute atomic E-state index is 12.0. The lowest BCUT2D eigenvalue weighted by molar-refractivity contribution is 0.598. The number of nitrogens with zero attached hydrogens (tertiary/aromatic N) is 3. The lowest BCUT2D eigenvalue weighted by atomic mass is 10.4. The second-order valence-corrected chi connectivity index (χ2v) is 5.77. The molecule has 0 spiro atoms. The zero-order valence-corrected chi connectivity index (χ0v) is 11.5. The Morgan fingerprint density at radius 3 is 2.50 bits per heavy atom. The van der Waals surface area contributed by atoms with Gasteiger partial charge in [-0.15, -0.1) is 0 Å². The monoisotopic (exact) mass is 306 g/mol.